The second kappa shape index (κ2) is 7.88. The molecule has 0 aliphatic heterocycles. The lowest BCUT2D eigenvalue weighted by Crippen LogP contribution is -2.31. The molecule has 0 fully saturated rings. The van der Waals surface area contributed by atoms with Gasteiger partial charge in [-0.1, -0.05) is 0 Å². The quantitative estimate of drug-likeness (QED) is 0.693. The van der Waals surface area contributed by atoms with Crippen molar-refractivity contribution in [3.63, 3.8) is 0 Å². The molecule has 7 nitrogen and oxygen atoms in total. The monoisotopic (exact) mass is 294 g/mol. The number of benzene rings is 1. The van der Waals surface area contributed by atoms with Gasteiger partial charge in [0, 0.05) is 12.2 Å². The first-order valence-electron chi connectivity index (χ1n) is 6.48. The van der Waals surface area contributed by atoms with Crippen molar-refractivity contribution in [2.75, 3.05) is 18.5 Å². The van der Waals surface area contributed by atoms with E-state index in [0.29, 0.717) is 17.9 Å². The van der Waals surface area contributed by atoms with Crippen LogP contribution in [0.25, 0.3) is 0 Å². The Morgan fingerprint density at radius 3 is 2.57 bits per heavy atom. The average molecular weight is 294 g/mol. The number of esters is 1. The van der Waals surface area contributed by atoms with Crippen LogP contribution in [0.4, 0.5) is 10.5 Å². The summed E-state index contributed by atoms with van der Waals surface area (Å²) in [5.41, 5.74) is 1.30. The van der Waals surface area contributed by atoms with E-state index in [2.05, 4.69) is 10.6 Å². The summed E-state index contributed by atoms with van der Waals surface area (Å²) in [6.45, 7) is 3.87. The van der Waals surface area contributed by atoms with Crippen LogP contribution in [-0.2, 0) is 9.53 Å². The molecule has 0 aliphatic carbocycles. The van der Waals surface area contributed by atoms with Gasteiger partial charge in [-0.3, -0.25) is 4.79 Å². The molecule has 2 amide bonds. The Bertz CT molecular complexity index is 542. The third-order valence-electron chi connectivity index (χ3n) is 2.64. The smallest absolute Gasteiger partial charge is 0.335 e. The summed E-state index contributed by atoms with van der Waals surface area (Å²) in [6, 6.07) is 3.93. The summed E-state index contributed by atoms with van der Waals surface area (Å²) >= 11 is 0. The summed E-state index contributed by atoms with van der Waals surface area (Å²) in [4.78, 5) is 33.5. The minimum Gasteiger partial charge on any atom is -0.478 e. The van der Waals surface area contributed by atoms with Crippen LogP contribution in [0.5, 0.6) is 0 Å². The van der Waals surface area contributed by atoms with Gasteiger partial charge in [-0.2, -0.15) is 0 Å². The summed E-state index contributed by atoms with van der Waals surface area (Å²) in [5, 5.41) is 14.0. The standard InChI is InChI=1S/C14H18N2O5/c1-3-21-12(17)6-7-15-14(20)16-11-5-4-10(13(18)19)8-9(11)2/h4-5,8H,3,6-7H2,1-2H3,(H,18,19)(H2,15,16,20). The van der Waals surface area contributed by atoms with E-state index in [1.54, 1.807) is 13.8 Å². The molecule has 114 valence electrons. The zero-order valence-corrected chi connectivity index (χ0v) is 11.9. The Morgan fingerprint density at radius 1 is 1.29 bits per heavy atom. The first-order valence-corrected chi connectivity index (χ1v) is 6.48. The highest BCUT2D eigenvalue weighted by Crippen LogP contribution is 2.16. The lowest BCUT2D eigenvalue weighted by molar-refractivity contribution is -0.142. The fraction of sp³-hybridized carbons (Fsp3) is 0.357. The van der Waals surface area contributed by atoms with E-state index < -0.39 is 12.0 Å². The zero-order valence-electron chi connectivity index (χ0n) is 11.9. The Balaban J connectivity index is 2.48. The number of hydrogen-bond donors (Lipinski definition) is 3. The first-order chi connectivity index (χ1) is 9.93. The van der Waals surface area contributed by atoms with Crippen molar-refractivity contribution in [3.05, 3.63) is 29.3 Å². The molecule has 1 rings (SSSR count). The van der Waals surface area contributed by atoms with Crippen molar-refractivity contribution >= 4 is 23.7 Å². The van der Waals surface area contributed by atoms with Crippen LogP contribution in [0.15, 0.2) is 18.2 Å². The number of rotatable bonds is 6. The maximum atomic E-state index is 11.6. The minimum absolute atomic E-state index is 0.0954. The highest BCUT2D eigenvalue weighted by atomic mass is 16.5. The fourth-order valence-electron chi connectivity index (χ4n) is 1.61. The third kappa shape index (κ3) is 5.52. The largest absolute Gasteiger partial charge is 0.478 e. The van der Waals surface area contributed by atoms with Gasteiger partial charge < -0.3 is 20.5 Å². The van der Waals surface area contributed by atoms with Gasteiger partial charge in [0.25, 0.3) is 0 Å². The van der Waals surface area contributed by atoms with Crippen molar-refractivity contribution in [3.8, 4) is 0 Å². The summed E-state index contributed by atoms with van der Waals surface area (Å²) in [6.07, 6.45) is 0.0954. The van der Waals surface area contributed by atoms with Crippen molar-refractivity contribution in [1.29, 1.82) is 0 Å². The van der Waals surface area contributed by atoms with Gasteiger partial charge in [-0.05, 0) is 37.6 Å². The van der Waals surface area contributed by atoms with Gasteiger partial charge >= 0.3 is 18.0 Å². The van der Waals surface area contributed by atoms with Gasteiger partial charge in [-0.25, -0.2) is 9.59 Å². The lowest BCUT2D eigenvalue weighted by Gasteiger charge is -2.10. The number of amides is 2. The van der Waals surface area contributed by atoms with E-state index >= 15 is 0 Å². The number of carbonyl (C=O) groups is 3. The van der Waals surface area contributed by atoms with Gasteiger partial charge in [0.05, 0.1) is 18.6 Å². The predicted molar refractivity (Wildman–Crippen MR) is 76.4 cm³/mol. The Morgan fingerprint density at radius 2 is 2.00 bits per heavy atom. The minimum atomic E-state index is -1.02. The molecule has 1 aromatic rings. The molecule has 21 heavy (non-hydrogen) atoms. The van der Waals surface area contributed by atoms with Crippen molar-refractivity contribution in [1.82, 2.24) is 5.32 Å². The van der Waals surface area contributed by atoms with Gasteiger partial charge in [0.15, 0.2) is 0 Å². The van der Waals surface area contributed by atoms with Crippen LogP contribution < -0.4 is 10.6 Å². The van der Waals surface area contributed by atoms with Gasteiger partial charge in [0.2, 0.25) is 0 Å². The van der Waals surface area contributed by atoms with E-state index in [1.165, 1.54) is 18.2 Å². The Hall–Kier alpha value is -2.57. The normalized spacial score (nSPS) is 9.81. The Labute approximate surface area is 122 Å². The summed E-state index contributed by atoms with van der Waals surface area (Å²) in [5.74, 6) is -1.40. The molecular formula is C14H18N2O5. The van der Waals surface area contributed by atoms with Crippen molar-refractivity contribution in [2.24, 2.45) is 0 Å². The number of aryl methyl sites for hydroxylation is 1. The van der Waals surface area contributed by atoms with Crippen LogP contribution in [0, 0.1) is 6.92 Å². The number of carboxylic acid groups (broad SMARTS) is 1. The second-order valence-electron chi connectivity index (χ2n) is 4.27. The molecule has 0 saturated carbocycles. The third-order valence-corrected chi connectivity index (χ3v) is 2.64. The van der Waals surface area contributed by atoms with Crippen LogP contribution in [0.1, 0.15) is 29.3 Å². The van der Waals surface area contributed by atoms with E-state index in [9.17, 15) is 14.4 Å². The number of aromatic carboxylic acids is 1. The molecule has 1 aromatic carbocycles. The Kier molecular flexibility index (Phi) is 6.19. The lowest BCUT2D eigenvalue weighted by atomic mass is 10.1. The maximum Gasteiger partial charge on any atom is 0.335 e. The summed E-state index contributed by atoms with van der Waals surface area (Å²) in [7, 11) is 0. The summed E-state index contributed by atoms with van der Waals surface area (Å²) < 4.78 is 4.73. The molecule has 7 heteroatoms. The maximum absolute atomic E-state index is 11.6. The topological polar surface area (TPSA) is 105 Å². The highest BCUT2D eigenvalue weighted by molar-refractivity contribution is 5.92. The van der Waals surface area contributed by atoms with Crippen LogP contribution in [0.2, 0.25) is 0 Å². The molecule has 0 radical (unpaired) electrons. The molecule has 0 atom stereocenters. The first kappa shape index (κ1) is 16.5. The molecule has 0 spiro atoms. The van der Waals surface area contributed by atoms with E-state index in [1.807, 2.05) is 0 Å². The molecule has 0 saturated heterocycles. The molecule has 0 aliphatic rings. The van der Waals surface area contributed by atoms with E-state index in [-0.39, 0.29) is 24.5 Å². The number of hydrogen-bond acceptors (Lipinski definition) is 4. The van der Waals surface area contributed by atoms with Gasteiger partial charge in [0.1, 0.15) is 0 Å². The highest BCUT2D eigenvalue weighted by Gasteiger charge is 2.09. The number of carboxylic acids is 1. The number of anilines is 1. The van der Waals surface area contributed by atoms with Gasteiger partial charge in [-0.15, -0.1) is 0 Å². The SMILES string of the molecule is CCOC(=O)CCNC(=O)Nc1ccc(C(=O)O)cc1C. The van der Waals surface area contributed by atoms with E-state index in [0.717, 1.165) is 0 Å². The fourth-order valence-corrected chi connectivity index (χ4v) is 1.61. The zero-order chi connectivity index (χ0) is 15.8. The van der Waals surface area contributed by atoms with Crippen molar-refractivity contribution in [2.45, 2.75) is 20.3 Å². The van der Waals surface area contributed by atoms with Crippen LogP contribution in [-0.4, -0.2) is 36.2 Å². The van der Waals surface area contributed by atoms with Crippen LogP contribution in [0.3, 0.4) is 0 Å². The molecule has 0 aromatic heterocycles. The number of urea groups is 1. The van der Waals surface area contributed by atoms with Crippen molar-refractivity contribution < 1.29 is 24.2 Å². The number of ether oxygens (including phenoxy) is 1. The molecular weight excluding hydrogens is 276 g/mol. The van der Waals surface area contributed by atoms with E-state index in [4.69, 9.17) is 9.84 Å². The van der Waals surface area contributed by atoms with Crippen LogP contribution >= 0.6 is 0 Å². The molecule has 0 heterocycles. The predicted octanol–water partition coefficient (Wildman–Crippen LogP) is 1.77. The molecule has 0 bridgehead atoms. The average Bonchev–Trinajstić information content (AvgIpc) is 2.41. The molecule has 3 N–H and O–H groups in total. The second-order valence-corrected chi connectivity index (χ2v) is 4.27. The number of carbonyl (C=O) groups excluding carboxylic acids is 2. The molecule has 0 unspecified atom stereocenters. The number of nitrogens with one attached hydrogen (secondary N) is 2.